The Balaban J connectivity index is 1.94. The minimum Gasteiger partial charge on any atom is -0.252 e. The van der Waals surface area contributed by atoms with Gasteiger partial charge in [0, 0.05) is 28.7 Å². The first-order valence-electron chi connectivity index (χ1n) is 6.60. The second kappa shape index (κ2) is 6.38. The van der Waals surface area contributed by atoms with Crippen molar-refractivity contribution in [1.29, 1.82) is 0 Å². The summed E-state index contributed by atoms with van der Waals surface area (Å²) in [6.07, 6.45) is 1.55. The summed E-state index contributed by atoms with van der Waals surface area (Å²) in [5.41, 5.74) is 0.875. The van der Waals surface area contributed by atoms with E-state index in [-0.39, 0.29) is 5.03 Å². The van der Waals surface area contributed by atoms with Gasteiger partial charge in [0.25, 0.3) is 10.0 Å². The van der Waals surface area contributed by atoms with Gasteiger partial charge in [0.05, 0.1) is 0 Å². The van der Waals surface area contributed by atoms with Gasteiger partial charge in [0.1, 0.15) is 10.8 Å². The zero-order valence-electron chi connectivity index (χ0n) is 12.0. The first-order chi connectivity index (χ1) is 11.0. The van der Waals surface area contributed by atoms with Crippen LogP contribution in [0.25, 0.3) is 10.6 Å². The van der Waals surface area contributed by atoms with E-state index in [2.05, 4.69) is 25.9 Å². The Bertz CT molecular complexity index is 909. The van der Waals surface area contributed by atoms with Gasteiger partial charge in [-0.2, -0.15) is 8.42 Å². The summed E-state index contributed by atoms with van der Waals surface area (Å²) in [4.78, 5) is 8.34. The Hall–Kier alpha value is -1.77. The summed E-state index contributed by atoms with van der Waals surface area (Å²) >= 11 is 4.67. The molecule has 2 aromatic heterocycles. The van der Waals surface area contributed by atoms with Crippen LogP contribution in [0.2, 0.25) is 0 Å². The highest BCUT2D eigenvalue weighted by Gasteiger charge is 2.25. The van der Waals surface area contributed by atoms with Gasteiger partial charge in [-0.25, -0.2) is 9.97 Å². The van der Waals surface area contributed by atoms with Gasteiger partial charge < -0.3 is 0 Å². The van der Waals surface area contributed by atoms with Crippen molar-refractivity contribution in [2.24, 2.45) is 0 Å². The van der Waals surface area contributed by atoms with Crippen LogP contribution in [0, 0.1) is 0 Å². The van der Waals surface area contributed by atoms with Gasteiger partial charge in [-0.3, -0.25) is 4.31 Å². The van der Waals surface area contributed by atoms with Gasteiger partial charge in [0.15, 0.2) is 5.03 Å². The maximum absolute atomic E-state index is 12.7. The Labute approximate surface area is 146 Å². The summed E-state index contributed by atoms with van der Waals surface area (Å²) < 4.78 is 27.4. The first kappa shape index (κ1) is 16.1. The number of anilines is 1. The highest BCUT2D eigenvalue weighted by molar-refractivity contribution is 9.10. The van der Waals surface area contributed by atoms with Crippen molar-refractivity contribution in [2.75, 3.05) is 11.4 Å². The lowest BCUT2D eigenvalue weighted by Crippen LogP contribution is -2.27. The molecule has 0 saturated carbocycles. The molecule has 0 aliphatic carbocycles. The number of pyridine rings is 1. The summed E-state index contributed by atoms with van der Waals surface area (Å²) in [5.74, 6) is 0.352. The number of hydrogen-bond donors (Lipinski definition) is 0. The van der Waals surface area contributed by atoms with Gasteiger partial charge >= 0.3 is 0 Å². The maximum Gasteiger partial charge on any atom is 0.283 e. The number of halogens is 1. The first-order valence-corrected chi connectivity index (χ1v) is 9.71. The van der Waals surface area contributed by atoms with E-state index >= 15 is 0 Å². The molecule has 23 heavy (non-hydrogen) atoms. The fourth-order valence-corrected chi connectivity index (χ4v) is 4.39. The molecule has 0 bridgehead atoms. The summed E-state index contributed by atoms with van der Waals surface area (Å²) in [6, 6.07) is 12.7. The predicted molar refractivity (Wildman–Crippen MR) is 95.1 cm³/mol. The lowest BCUT2D eigenvalue weighted by atomic mass is 10.2. The van der Waals surface area contributed by atoms with Crippen LogP contribution in [0.5, 0.6) is 0 Å². The van der Waals surface area contributed by atoms with Crippen molar-refractivity contribution in [1.82, 2.24) is 9.97 Å². The van der Waals surface area contributed by atoms with E-state index in [1.807, 2.05) is 24.3 Å². The quantitative estimate of drug-likeness (QED) is 0.657. The second-order valence-corrected chi connectivity index (χ2v) is 8.35. The smallest absolute Gasteiger partial charge is 0.252 e. The van der Waals surface area contributed by atoms with E-state index in [0.717, 1.165) is 14.3 Å². The normalized spacial score (nSPS) is 11.4. The highest BCUT2D eigenvalue weighted by atomic mass is 79.9. The fraction of sp³-hybridized carbons (Fsp3) is 0.0667. The van der Waals surface area contributed by atoms with E-state index in [9.17, 15) is 8.42 Å². The van der Waals surface area contributed by atoms with Crippen molar-refractivity contribution >= 4 is 43.1 Å². The predicted octanol–water partition coefficient (Wildman–Crippen LogP) is 3.79. The van der Waals surface area contributed by atoms with E-state index in [4.69, 9.17) is 0 Å². The molecule has 0 atom stereocenters. The molecule has 118 valence electrons. The van der Waals surface area contributed by atoms with E-state index in [0.29, 0.717) is 10.8 Å². The molecule has 3 rings (SSSR count). The van der Waals surface area contributed by atoms with Crippen LogP contribution in [-0.2, 0) is 10.0 Å². The van der Waals surface area contributed by atoms with Crippen molar-refractivity contribution in [3.63, 3.8) is 0 Å². The molecule has 3 aromatic rings. The van der Waals surface area contributed by atoms with E-state index in [1.54, 1.807) is 29.8 Å². The Morgan fingerprint density at radius 2 is 1.87 bits per heavy atom. The number of benzene rings is 1. The van der Waals surface area contributed by atoms with Crippen molar-refractivity contribution in [3.05, 3.63) is 58.5 Å². The third kappa shape index (κ3) is 3.29. The molecule has 0 spiro atoms. The summed E-state index contributed by atoms with van der Waals surface area (Å²) in [6.45, 7) is 0. The molecule has 0 radical (unpaired) electrons. The molecule has 0 N–H and O–H groups in total. The molecule has 0 unspecified atom stereocenters. The number of thiazole rings is 1. The number of sulfonamides is 1. The molecule has 1 aromatic carbocycles. The van der Waals surface area contributed by atoms with Crippen LogP contribution in [0.3, 0.4) is 0 Å². The third-order valence-electron chi connectivity index (χ3n) is 3.17. The topological polar surface area (TPSA) is 63.2 Å². The largest absolute Gasteiger partial charge is 0.283 e. The van der Waals surface area contributed by atoms with Crippen LogP contribution in [0.4, 0.5) is 5.82 Å². The zero-order valence-corrected chi connectivity index (χ0v) is 15.3. The van der Waals surface area contributed by atoms with Crippen molar-refractivity contribution < 1.29 is 8.42 Å². The van der Waals surface area contributed by atoms with Gasteiger partial charge in [-0.05, 0) is 24.3 Å². The van der Waals surface area contributed by atoms with Crippen LogP contribution in [-0.4, -0.2) is 25.4 Å². The fourth-order valence-electron chi connectivity index (χ4n) is 1.91. The Morgan fingerprint density at radius 1 is 1.13 bits per heavy atom. The van der Waals surface area contributed by atoms with Crippen LogP contribution in [0.15, 0.2) is 63.5 Å². The van der Waals surface area contributed by atoms with Crippen molar-refractivity contribution in [2.45, 2.75) is 5.03 Å². The zero-order chi connectivity index (χ0) is 16.4. The second-order valence-electron chi connectivity index (χ2n) is 4.66. The number of nitrogens with zero attached hydrogens (tertiary/aromatic N) is 3. The molecule has 0 amide bonds. The monoisotopic (exact) mass is 409 g/mol. The minimum atomic E-state index is -3.73. The molecule has 0 fully saturated rings. The number of aromatic nitrogens is 2. The van der Waals surface area contributed by atoms with Gasteiger partial charge in [-0.1, -0.05) is 34.1 Å². The average Bonchev–Trinajstić information content (AvgIpc) is 3.06. The van der Waals surface area contributed by atoms with E-state index < -0.39 is 10.0 Å². The van der Waals surface area contributed by atoms with Gasteiger partial charge in [0.2, 0.25) is 0 Å². The minimum absolute atomic E-state index is 0.0218. The molecule has 8 heteroatoms. The average molecular weight is 410 g/mol. The number of hydrogen-bond acceptors (Lipinski definition) is 5. The SMILES string of the molecule is CN(c1ccccn1)S(=O)(=O)c1csc(-c2ccc(Br)cc2)n1. The molecule has 2 heterocycles. The van der Waals surface area contributed by atoms with Gasteiger partial charge in [-0.15, -0.1) is 11.3 Å². The number of rotatable bonds is 4. The molecule has 0 aliphatic heterocycles. The lowest BCUT2D eigenvalue weighted by Gasteiger charge is -2.16. The highest BCUT2D eigenvalue weighted by Crippen LogP contribution is 2.28. The standard InChI is InChI=1S/C15H12BrN3O2S2/c1-19(13-4-2-3-9-17-13)23(20,21)14-10-22-15(18-14)11-5-7-12(16)8-6-11/h2-10H,1H3. The summed E-state index contributed by atoms with van der Waals surface area (Å²) in [5, 5.41) is 2.23. The van der Waals surface area contributed by atoms with Crippen LogP contribution < -0.4 is 4.31 Å². The molecule has 0 aliphatic rings. The molecular weight excluding hydrogens is 398 g/mol. The maximum atomic E-state index is 12.7. The molecular formula is C15H12BrN3O2S2. The third-order valence-corrected chi connectivity index (χ3v) is 6.39. The molecule has 0 saturated heterocycles. The van der Waals surface area contributed by atoms with Crippen LogP contribution in [0.1, 0.15) is 0 Å². The summed E-state index contributed by atoms with van der Waals surface area (Å²) in [7, 11) is -2.26. The Kier molecular flexibility index (Phi) is 4.47. The molecule has 5 nitrogen and oxygen atoms in total. The van der Waals surface area contributed by atoms with E-state index in [1.165, 1.54) is 18.4 Å². The van der Waals surface area contributed by atoms with Crippen LogP contribution >= 0.6 is 27.3 Å². The Morgan fingerprint density at radius 3 is 2.52 bits per heavy atom. The van der Waals surface area contributed by atoms with Crippen molar-refractivity contribution in [3.8, 4) is 10.6 Å². The lowest BCUT2D eigenvalue weighted by molar-refractivity contribution is 0.591.